The smallest absolute Gasteiger partial charge is 0.0177 e. The van der Waals surface area contributed by atoms with Crippen LogP contribution in [0.1, 0.15) is 41.0 Å². The largest absolute Gasteiger partial charge is 0.0822 e. The van der Waals surface area contributed by atoms with Crippen molar-refractivity contribution in [1.82, 2.24) is 0 Å². The Morgan fingerprint density at radius 1 is 1.33 bits per heavy atom. The van der Waals surface area contributed by atoms with Gasteiger partial charge >= 0.3 is 0 Å². The molecule has 0 radical (unpaired) electrons. The lowest BCUT2D eigenvalue weighted by atomic mass is 9.94. The van der Waals surface area contributed by atoms with E-state index in [1.54, 1.807) is 5.57 Å². The summed E-state index contributed by atoms with van der Waals surface area (Å²) in [5.41, 5.74) is 1.63. The predicted octanol–water partition coefficient (Wildman–Crippen LogP) is 3.88. The maximum absolute atomic E-state index is 2.47. The molecule has 1 rings (SSSR count). The Morgan fingerprint density at radius 3 is 2.17 bits per heavy atom. The van der Waals surface area contributed by atoms with Gasteiger partial charge in [-0.25, -0.2) is 0 Å². The molecule has 0 bridgehead atoms. The van der Waals surface area contributed by atoms with Gasteiger partial charge in [-0.3, -0.25) is 0 Å². The van der Waals surface area contributed by atoms with Gasteiger partial charge in [0, 0.05) is 0 Å². The van der Waals surface area contributed by atoms with E-state index < -0.39 is 0 Å². The van der Waals surface area contributed by atoms with E-state index >= 15 is 0 Å². The quantitative estimate of drug-likeness (QED) is 0.558. The fourth-order valence-electron chi connectivity index (χ4n) is 1.69. The van der Waals surface area contributed by atoms with Crippen LogP contribution in [0.5, 0.6) is 0 Å². The molecule has 0 heterocycles. The van der Waals surface area contributed by atoms with Gasteiger partial charge in [-0.2, -0.15) is 0 Å². The summed E-state index contributed by atoms with van der Waals surface area (Å²) in [4.78, 5) is 0. The molecule has 3 unspecified atom stereocenters. The Morgan fingerprint density at radius 2 is 1.83 bits per heavy atom. The molecule has 1 fully saturated rings. The van der Waals surface area contributed by atoms with Crippen molar-refractivity contribution in [2.45, 2.75) is 41.0 Å². The normalized spacial score (nSPS) is 32.3. The van der Waals surface area contributed by atoms with Crippen molar-refractivity contribution < 1.29 is 0 Å². The number of allylic oxidation sites excluding steroid dienone is 2. The summed E-state index contributed by atoms with van der Waals surface area (Å²) in [7, 11) is 0. The SMILES string of the molecule is CC(=CC(C)C(C)C)C1CC1C. The van der Waals surface area contributed by atoms with E-state index in [4.69, 9.17) is 0 Å². The van der Waals surface area contributed by atoms with Crippen LogP contribution in [0.15, 0.2) is 11.6 Å². The Hall–Kier alpha value is -0.260. The third-order valence-electron chi connectivity index (χ3n) is 3.27. The van der Waals surface area contributed by atoms with E-state index in [-0.39, 0.29) is 0 Å². The zero-order valence-electron chi connectivity index (χ0n) is 9.09. The molecule has 0 aromatic carbocycles. The van der Waals surface area contributed by atoms with E-state index in [2.05, 4.69) is 40.7 Å². The van der Waals surface area contributed by atoms with Crippen LogP contribution in [0.25, 0.3) is 0 Å². The molecule has 0 aliphatic heterocycles. The number of hydrogen-bond donors (Lipinski definition) is 0. The summed E-state index contributed by atoms with van der Waals surface area (Å²) in [6.07, 6.45) is 3.89. The Labute approximate surface area is 77.1 Å². The first kappa shape index (κ1) is 9.83. The standard InChI is InChI=1S/C12H22/c1-8(2)9(3)6-10(4)12-7-11(12)5/h6,8-9,11-12H,7H2,1-5H3. The minimum Gasteiger partial charge on any atom is -0.0822 e. The zero-order valence-corrected chi connectivity index (χ0v) is 9.09. The summed E-state index contributed by atoms with van der Waals surface area (Å²) in [6, 6.07) is 0. The van der Waals surface area contributed by atoms with Gasteiger partial charge in [0.15, 0.2) is 0 Å². The Bertz CT molecular complexity index is 176. The fourth-order valence-corrected chi connectivity index (χ4v) is 1.69. The van der Waals surface area contributed by atoms with E-state index in [0.717, 1.165) is 23.7 Å². The van der Waals surface area contributed by atoms with Crippen LogP contribution in [-0.4, -0.2) is 0 Å². The second-order valence-electron chi connectivity index (χ2n) is 4.83. The summed E-state index contributed by atoms with van der Waals surface area (Å²) in [6.45, 7) is 11.6. The van der Waals surface area contributed by atoms with E-state index in [1.807, 2.05) is 0 Å². The van der Waals surface area contributed by atoms with Crippen LogP contribution in [0.4, 0.5) is 0 Å². The Balaban J connectivity index is 2.45. The molecule has 1 aliphatic carbocycles. The fraction of sp³-hybridized carbons (Fsp3) is 0.833. The van der Waals surface area contributed by atoms with Crippen molar-refractivity contribution in [3.63, 3.8) is 0 Å². The molecular formula is C12H22. The highest BCUT2D eigenvalue weighted by atomic mass is 14.4. The average molecular weight is 166 g/mol. The predicted molar refractivity (Wildman–Crippen MR) is 55.0 cm³/mol. The molecule has 0 amide bonds. The minimum absolute atomic E-state index is 0.748. The van der Waals surface area contributed by atoms with Crippen LogP contribution in [-0.2, 0) is 0 Å². The molecule has 0 nitrogen and oxygen atoms in total. The first-order valence-corrected chi connectivity index (χ1v) is 5.20. The van der Waals surface area contributed by atoms with Crippen molar-refractivity contribution in [1.29, 1.82) is 0 Å². The summed E-state index contributed by atoms with van der Waals surface area (Å²) < 4.78 is 0. The summed E-state index contributed by atoms with van der Waals surface area (Å²) in [5, 5.41) is 0. The van der Waals surface area contributed by atoms with Gasteiger partial charge in [-0.1, -0.05) is 39.3 Å². The minimum atomic E-state index is 0.748. The van der Waals surface area contributed by atoms with Crippen molar-refractivity contribution in [2.24, 2.45) is 23.7 Å². The lowest BCUT2D eigenvalue weighted by Crippen LogP contribution is -2.01. The molecule has 0 saturated heterocycles. The molecule has 12 heavy (non-hydrogen) atoms. The van der Waals surface area contributed by atoms with E-state index in [9.17, 15) is 0 Å². The Kier molecular flexibility index (Phi) is 2.98. The molecule has 0 aromatic heterocycles. The van der Waals surface area contributed by atoms with Crippen LogP contribution >= 0.6 is 0 Å². The molecular weight excluding hydrogens is 144 g/mol. The second kappa shape index (κ2) is 3.64. The first-order valence-electron chi connectivity index (χ1n) is 5.20. The van der Waals surface area contributed by atoms with Crippen LogP contribution in [0.3, 0.4) is 0 Å². The average Bonchev–Trinajstić information content (AvgIpc) is 2.66. The van der Waals surface area contributed by atoms with Gasteiger partial charge in [-0.15, -0.1) is 0 Å². The van der Waals surface area contributed by atoms with Crippen molar-refractivity contribution in [2.75, 3.05) is 0 Å². The highest BCUT2D eigenvalue weighted by Crippen LogP contribution is 2.43. The van der Waals surface area contributed by atoms with Gasteiger partial charge in [0.05, 0.1) is 0 Å². The van der Waals surface area contributed by atoms with Crippen LogP contribution in [0.2, 0.25) is 0 Å². The van der Waals surface area contributed by atoms with Gasteiger partial charge in [0.25, 0.3) is 0 Å². The molecule has 1 aliphatic rings. The molecule has 70 valence electrons. The topological polar surface area (TPSA) is 0 Å². The molecule has 1 saturated carbocycles. The van der Waals surface area contributed by atoms with E-state index in [0.29, 0.717) is 0 Å². The number of rotatable bonds is 3. The summed E-state index contributed by atoms with van der Waals surface area (Å²) >= 11 is 0. The van der Waals surface area contributed by atoms with Crippen molar-refractivity contribution in [3.8, 4) is 0 Å². The van der Waals surface area contributed by atoms with Gasteiger partial charge in [0.2, 0.25) is 0 Å². The molecule has 0 heteroatoms. The maximum Gasteiger partial charge on any atom is -0.0177 e. The lowest BCUT2D eigenvalue weighted by molar-refractivity contribution is 0.499. The highest BCUT2D eigenvalue weighted by molar-refractivity contribution is 5.13. The van der Waals surface area contributed by atoms with Crippen molar-refractivity contribution >= 4 is 0 Å². The highest BCUT2D eigenvalue weighted by Gasteiger charge is 2.33. The lowest BCUT2D eigenvalue weighted by Gasteiger charge is -2.11. The first-order chi connectivity index (χ1) is 5.52. The van der Waals surface area contributed by atoms with Crippen LogP contribution in [0, 0.1) is 23.7 Å². The van der Waals surface area contributed by atoms with E-state index in [1.165, 1.54) is 6.42 Å². The zero-order chi connectivity index (χ0) is 9.30. The maximum atomic E-state index is 2.47. The van der Waals surface area contributed by atoms with Crippen LogP contribution < -0.4 is 0 Å². The number of hydrogen-bond acceptors (Lipinski definition) is 0. The van der Waals surface area contributed by atoms with Gasteiger partial charge < -0.3 is 0 Å². The second-order valence-corrected chi connectivity index (χ2v) is 4.83. The third-order valence-corrected chi connectivity index (χ3v) is 3.27. The molecule has 0 aromatic rings. The third kappa shape index (κ3) is 2.36. The van der Waals surface area contributed by atoms with Gasteiger partial charge in [-0.05, 0) is 37.0 Å². The van der Waals surface area contributed by atoms with Crippen molar-refractivity contribution in [3.05, 3.63) is 11.6 Å². The summed E-state index contributed by atoms with van der Waals surface area (Å²) in [5.74, 6) is 3.42. The molecule has 3 atom stereocenters. The molecule has 0 spiro atoms. The van der Waals surface area contributed by atoms with Gasteiger partial charge in [0.1, 0.15) is 0 Å². The monoisotopic (exact) mass is 166 g/mol. The molecule has 0 N–H and O–H groups in total.